The molecule has 0 unspecified atom stereocenters. The predicted octanol–water partition coefficient (Wildman–Crippen LogP) is 1.88. The molecule has 0 aliphatic carbocycles. The fourth-order valence-electron chi connectivity index (χ4n) is 2.14. The Labute approximate surface area is 131 Å². The molecular formula is C15H13FN2O4S. The van der Waals surface area contributed by atoms with E-state index < -0.39 is 21.6 Å². The average Bonchev–Trinajstić information content (AvgIpc) is 2.87. The normalized spacial score (nSPS) is 11.9. The summed E-state index contributed by atoms with van der Waals surface area (Å²) in [6, 6.07) is 10.2. The van der Waals surface area contributed by atoms with E-state index in [0.29, 0.717) is 22.2 Å². The van der Waals surface area contributed by atoms with Gasteiger partial charge in [-0.25, -0.2) is 22.3 Å². The highest BCUT2D eigenvalue weighted by Gasteiger charge is 2.12. The maximum absolute atomic E-state index is 12.8. The molecule has 23 heavy (non-hydrogen) atoms. The fraction of sp³-hybridized carbons (Fsp3) is 0.133. The van der Waals surface area contributed by atoms with Crippen LogP contribution in [-0.2, 0) is 22.3 Å². The Morgan fingerprint density at radius 3 is 2.52 bits per heavy atom. The van der Waals surface area contributed by atoms with E-state index in [1.165, 1.54) is 24.3 Å². The first kappa shape index (κ1) is 15.4. The molecule has 0 aliphatic rings. The molecule has 2 N–H and O–H groups in total. The first-order chi connectivity index (χ1) is 10.9. The van der Waals surface area contributed by atoms with E-state index in [-0.39, 0.29) is 12.3 Å². The van der Waals surface area contributed by atoms with Gasteiger partial charge in [0.1, 0.15) is 5.82 Å². The van der Waals surface area contributed by atoms with Crippen molar-refractivity contribution in [2.45, 2.75) is 12.3 Å². The number of aromatic nitrogens is 1. The van der Waals surface area contributed by atoms with Crippen molar-refractivity contribution < 1.29 is 17.2 Å². The molecule has 2 aromatic carbocycles. The summed E-state index contributed by atoms with van der Waals surface area (Å²) in [7, 11) is -3.57. The van der Waals surface area contributed by atoms with Crippen LogP contribution in [-0.4, -0.2) is 13.4 Å². The van der Waals surface area contributed by atoms with Gasteiger partial charge in [0.15, 0.2) is 5.58 Å². The Hall–Kier alpha value is -2.45. The van der Waals surface area contributed by atoms with Crippen molar-refractivity contribution in [3.05, 3.63) is 70.0 Å². The molecule has 3 rings (SSSR count). The largest absolute Gasteiger partial charge is 0.417 e. The molecule has 0 fully saturated rings. The number of rotatable bonds is 5. The molecule has 0 aliphatic heterocycles. The van der Waals surface area contributed by atoms with Gasteiger partial charge in [0.25, 0.3) is 0 Å². The molecule has 0 spiro atoms. The Balaban J connectivity index is 1.69. The zero-order valence-electron chi connectivity index (χ0n) is 11.9. The van der Waals surface area contributed by atoms with Gasteiger partial charge in [-0.15, -0.1) is 0 Å². The van der Waals surface area contributed by atoms with Gasteiger partial charge in [-0.05, 0) is 35.4 Å². The first-order valence-corrected chi connectivity index (χ1v) is 8.40. The molecule has 0 atom stereocenters. The van der Waals surface area contributed by atoms with E-state index >= 15 is 0 Å². The topological polar surface area (TPSA) is 92.2 Å². The van der Waals surface area contributed by atoms with Gasteiger partial charge in [0.05, 0.1) is 11.3 Å². The Morgan fingerprint density at radius 2 is 1.78 bits per heavy atom. The third-order valence-corrected chi connectivity index (χ3v) is 4.55. The second-order valence-corrected chi connectivity index (χ2v) is 6.86. The quantitative estimate of drug-likeness (QED) is 0.744. The second kappa shape index (κ2) is 5.98. The van der Waals surface area contributed by atoms with Crippen LogP contribution in [0.1, 0.15) is 11.1 Å². The number of nitrogens with one attached hydrogen (secondary N) is 2. The fourth-order valence-corrected chi connectivity index (χ4v) is 3.26. The number of oxazole rings is 1. The molecule has 1 heterocycles. The summed E-state index contributed by atoms with van der Waals surface area (Å²) in [5, 5.41) is 0. The monoisotopic (exact) mass is 336 g/mol. The second-order valence-electron chi connectivity index (χ2n) is 5.05. The summed E-state index contributed by atoms with van der Waals surface area (Å²) in [4.78, 5) is 13.6. The van der Waals surface area contributed by atoms with Crippen LogP contribution in [0.3, 0.4) is 0 Å². The summed E-state index contributed by atoms with van der Waals surface area (Å²) < 4.78 is 44.3. The Bertz CT molecular complexity index is 990. The zero-order chi connectivity index (χ0) is 16.4. The van der Waals surface area contributed by atoms with Crippen LogP contribution in [0, 0.1) is 5.82 Å². The number of benzene rings is 2. The minimum Gasteiger partial charge on any atom is -0.408 e. The molecule has 6 nitrogen and oxygen atoms in total. The third kappa shape index (κ3) is 3.85. The number of sulfonamides is 1. The average molecular weight is 336 g/mol. The smallest absolute Gasteiger partial charge is 0.408 e. The Morgan fingerprint density at radius 1 is 1.09 bits per heavy atom. The number of hydrogen-bond donors (Lipinski definition) is 2. The van der Waals surface area contributed by atoms with Gasteiger partial charge in [0.2, 0.25) is 10.0 Å². The summed E-state index contributed by atoms with van der Waals surface area (Å²) in [5.74, 6) is -1.22. The number of halogens is 1. The van der Waals surface area contributed by atoms with Crippen molar-refractivity contribution in [1.29, 1.82) is 0 Å². The van der Waals surface area contributed by atoms with Crippen molar-refractivity contribution >= 4 is 21.1 Å². The van der Waals surface area contributed by atoms with Crippen molar-refractivity contribution in [3.63, 3.8) is 0 Å². The first-order valence-electron chi connectivity index (χ1n) is 6.75. The van der Waals surface area contributed by atoms with Gasteiger partial charge in [-0.2, -0.15) is 0 Å². The van der Waals surface area contributed by atoms with E-state index in [4.69, 9.17) is 4.42 Å². The van der Waals surface area contributed by atoms with Crippen LogP contribution in [0.2, 0.25) is 0 Å². The highest BCUT2D eigenvalue weighted by Crippen LogP contribution is 2.13. The Kier molecular flexibility index (Phi) is 4.01. The lowest BCUT2D eigenvalue weighted by atomic mass is 10.2. The van der Waals surface area contributed by atoms with E-state index in [1.54, 1.807) is 18.2 Å². The highest BCUT2D eigenvalue weighted by atomic mass is 32.2. The van der Waals surface area contributed by atoms with E-state index in [1.807, 2.05) is 0 Å². The summed E-state index contributed by atoms with van der Waals surface area (Å²) in [5.41, 5.74) is 2.06. The molecule has 0 amide bonds. The van der Waals surface area contributed by atoms with E-state index in [0.717, 1.165) is 0 Å². The molecule has 120 valence electrons. The van der Waals surface area contributed by atoms with E-state index in [9.17, 15) is 17.6 Å². The summed E-state index contributed by atoms with van der Waals surface area (Å²) in [6.45, 7) is 0.0638. The lowest BCUT2D eigenvalue weighted by Gasteiger charge is -2.07. The van der Waals surface area contributed by atoms with Crippen molar-refractivity contribution in [1.82, 2.24) is 9.71 Å². The van der Waals surface area contributed by atoms with Crippen molar-refractivity contribution in [2.75, 3.05) is 0 Å². The van der Waals surface area contributed by atoms with Crippen LogP contribution in [0.4, 0.5) is 4.39 Å². The minimum absolute atomic E-state index is 0.0638. The van der Waals surface area contributed by atoms with Crippen LogP contribution < -0.4 is 10.5 Å². The third-order valence-electron chi connectivity index (χ3n) is 3.25. The van der Waals surface area contributed by atoms with Crippen molar-refractivity contribution in [3.8, 4) is 0 Å². The van der Waals surface area contributed by atoms with Crippen LogP contribution >= 0.6 is 0 Å². The van der Waals surface area contributed by atoms with Crippen LogP contribution in [0.5, 0.6) is 0 Å². The van der Waals surface area contributed by atoms with Crippen LogP contribution in [0.15, 0.2) is 51.7 Å². The molecular weight excluding hydrogens is 323 g/mol. The maximum atomic E-state index is 12.8. The number of H-pyrrole nitrogens is 1. The summed E-state index contributed by atoms with van der Waals surface area (Å²) in [6.07, 6.45) is 0. The molecule has 0 saturated carbocycles. The standard InChI is InChI=1S/C15H13FN2O4S/c16-12-4-1-10(2-5-12)9-23(20,21)17-8-11-3-6-13-14(7-11)22-15(19)18-13/h1-7,17H,8-9H2,(H,18,19). The SMILES string of the molecule is O=c1[nH]c2ccc(CNS(=O)(=O)Cc3ccc(F)cc3)cc2o1. The van der Waals surface area contributed by atoms with Gasteiger partial charge >= 0.3 is 5.76 Å². The molecule has 0 bridgehead atoms. The van der Waals surface area contributed by atoms with Gasteiger partial charge in [-0.1, -0.05) is 18.2 Å². The molecule has 0 radical (unpaired) electrons. The molecule has 3 aromatic rings. The van der Waals surface area contributed by atoms with Gasteiger partial charge < -0.3 is 4.42 Å². The number of fused-ring (bicyclic) bond motifs is 1. The van der Waals surface area contributed by atoms with Crippen LogP contribution in [0.25, 0.3) is 11.1 Å². The lowest BCUT2D eigenvalue weighted by Crippen LogP contribution is -2.24. The number of hydrogen-bond acceptors (Lipinski definition) is 4. The maximum Gasteiger partial charge on any atom is 0.417 e. The minimum atomic E-state index is -3.57. The lowest BCUT2D eigenvalue weighted by molar-refractivity contribution is 0.554. The predicted molar refractivity (Wildman–Crippen MR) is 82.7 cm³/mol. The number of aromatic amines is 1. The zero-order valence-corrected chi connectivity index (χ0v) is 12.7. The molecule has 1 aromatic heterocycles. The molecule has 8 heteroatoms. The van der Waals surface area contributed by atoms with E-state index in [2.05, 4.69) is 9.71 Å². The summed E-state index contributed by atoms with van der Waals surface area (Å²) >= 11 is 0. The highest BCUT2D eigenvalue weighted by molar-refractivity contribution is 7.88. The van der Waals surface area contributed by atoms with Gasteiger partial charge in [-0.3, -0.25) is 4.98 Å². The van der Waals surface area contributed by atoms with Gasteiger partial charge in [0, 0.05) is 6.54 Å². The van der Waals surface area contributed by atoms with Crippen molar-refractivity contribution in [2.24, 2.45) is 0 Å². The molecule has 0 saturated heterocycles.